The molecule has 0 N–H and O–H groups in total. The van der Waals surface area contributed by atoms with Gasteiger partial charge in [0.25, 0.3) is 0 Å². The van der Waals surface area contributed by atoms with Crippen molar-refractivity contribution in [2.75, 3.05) is 11.5 Å². The maximum Gasteiger partial charge on any atom is 2.00 e. The normalized spacial score (nSPS) is 10.4. The first kappa shape index (κ1) is 51.5. The minimum absolute atomic E-state index is 0. The van der Waals surface area contributed by atoms with Crippen LogP contribution in [0.4, 0.5) is 0 Å². The molecular weight excluding hydrogens is 905 g/mol. The number of halogens is 2. The van der Waals surface area contributed by atoms with Crippen molar-refractivity contribution < 1.29 is 77.2 Å². The van der Waals surface area contributed by atoms with E-state index in [4.69, 9.17) is 37.3 Å². The van der Waals surface area contributed by atoms with Gasteiger partial charge in [0.05, 0.1) is 34.2 Å². The van der Waals surface area contributed by atoms with Gasteiger partial charge in [-0.05, 0) is 134 Å². The van der Waals surface area contributed by atoms with Crippen molar-refractivity contribution in [2.24, 2.45) is 0 Å². The molecule has 0 aliphatic rings. The number of rotatable bonds is 11. The van der Waals surface area contributed by atoms with Gasteiger partial charge in [-0.1, -0.05) is 24.3 Å². The van der Waals surface area contributed by atoms with E-state index < -0.39 is 20.5 Å². The van der Waals surface area contributed by atoms with Crippen LogP contribution in [0, 0.1) is 20.5 Å². The molecular formula is C38H40Cl2N6O8RuS2. The third kappa shape index (κ3) is 26.9. The molecule has 0 aromatic carbocycles. The van der Waals surface area contributed by atoms with Crippen molar-refractivity contribution >= 4 is 25.3 Å². The Balaban J connectivity index is 0.000000396. The maximum absolute atomic E-state index is 8.49. The molecule has 0 fully saturated rings. The van der Waals surface area contributed by atoms with Crippen LogP contribution in [0.3, 0.4) is 0 Å². The summed E-state index contributed by atoms with van der Waals surface area (Å²) in [6, 6.07) is 31.7. The van der Waals surface area contributed by atoms with Crippen molar-refractivity contribution in [1.29, 1.82) is 0 Å². The van der Waals surface area contributed by atoms with Crippen molar-refractivity contribution in [3.8, 4) is 34.2 Å². The summed E-state index contributed by atoms with van der Waals surface area (Å²) in [7, 11) is -9.89. The molecule has 6 heterocycles. The van der Waals surface area contributed by atoms with Crippen LogP contribution in [-0.4, -0.2) is 41.4 Å². The van der Waals surface area contributed by atoms with Gasteiger partial charge in [0.15, 0.2) is 0 Å². The summed E-state index contributed by atoms with van der Waals surface area (Å²) in [4.78, 5) is 25.7. The van der Waals surface area contributed by atoms with E-state index in [0.29, 0.717) is 0 Å². The smallest absolute Gasteiger partial charge is 0.255 e. The second kappa shape index (κ2) is 29.7. The van der Waals surface area contributed by atoms with Crippen LogP contribution in [-0.2, 0) is 32.3 Å². The van der Waals surface area contributed by atoms with E-state index in [1.54, 1.807) is 24.8 Å². The van der Waals surface area contributed by atoms with Crippen LogP contribution in [0.1, 0.15) is 36.8 Å². The van der Waals surface area contributed by atoms with Crippen LogP contribution in [0.2, 0.25) is 0 Å². The topological polar surface area (TPSA) is 262 Å². The molecule has 0 radical (unpaired) electrons. The predicted molar refractivity (Wildman–Crippen MR) is 196 cm³/mol. The second-order valence-electron chi connectivity index (χ2n) is 11.1. The summed E-state index contributed by atoms with van der Waals surface area (Å²) < 4.78 is 67.9. The Morgan fingerprint density at radius 1 is 0.368 bits per heavy atom. The number of unbranched alkanes of at least 4 members (excludes halogenated alkanes) is 2. The van der Waals surface area contributed by atoms with E-state index >= 15 is 0 Å². The van der Waals surface area contributed by atoms with Crippen LogP contribution in [0.5, 0.6) is 0 Å². The molecule has 0 aliphatic carbocycles. The van der Waals surface area contributed by atoms with Gasteiger partial charge < -0.3 is 0 Å². The Labute approximate surface area is 359 Å². The van der Waals surface area contributed by atoms with Crippen LogP contribution >= 0.6 is 25.3 Å². The van der Waals surface area contributed by atoms with Gasteiger partial charge >= 0.3 is 19.5 Å². The van der Waals surface area contributed by atoms with E-state index in [2.05, 4.69) is 79.4 Å². The summed E-state index contributed by atoms with van der Waals surface area (Å²) in [5, 5.41) is 0. The van der Waals surface area contributed by atoms with Crippen molar-refractivity contribution in [2.45, 2.75) is 38.5 Å². The van der Waals surface area contributed by atoms with Gasteiger partial charge in [0.2, 0.25) is 0 Å². The molecule has 0 spiro atoms. The first-order chi connectivity index (χ1) is 26.8. The van der Waals surface area contributed by atoms with Crippen LogP contribution in [0.15, 0.2) is 134 Å². The Morgan fingerprint density at radius 2 is 0.632 bits per heavy atom. The molecule has 0 atom stereocenters. The molecule has 304 valence electrons. The molecule has 0 saturated heterocycles. The van der Waals surface area contributed by atoms with Gasteiger partial charge in [0.1, 0.15) is 0 Å². The minimum Gasteiger partial charge on any atom is -0.255 e. The first-order valence-corrected chi connectivity index (χ1v) is 20.5. The Morgan fingerprint density at radius 3 is 0.860 bits per heavy atom. The van der Waals surface area contributed by atoms with E-state index in [9.17, 15) is 0 Å². The summed E-state index contributed by atoms with van der Waals surface area (Å²) in [6.45, 7) is 0. The summed E-state index contributed by atoms with van der Waals surface area (Å²) >= 11 is 8.53. The molecule has 6 rings (SSSR count). The Kier molecular flexibility index (Phi) is 26.8. The fourth-order valence-corrected chi connectivity index (χ4v) is 4.93. The fourth-order valence-electron chi connectivity index (χ4n) is 4.48. The van der Waals surface area contributed by atoms with Crippen molar-refractivity contribution in [3.63, 3.8) is 0 Å². The molecule has 0 bridgehead atoms. The zero-order valence-electron chi connectivity index (χ0n) is 30.3. The third-order valence-electron chi connectivity index (χ3n) is 6.84. The standard InChI is InChI=1S/C18H24N2S2.2C10H8N2.2ClHO4.Ru/c21-11-3-1-5-15-7-9-19-17(13-15)18-14-16(8-10-20-18)6-2-4-12-22;2*1-3-7-11-9(5-1)10-6-2-4-8-12-10;2*2-1(3,4)5;/h7-10,13-14,21-22H,1-6,11-12H2;2*1-8H;2*(H,2,3,4,5);/q;;;;;+2/p-2. The number of hydrogen-bond acceptors (Lipinski definition) is 16. The van der Waals surface area contributed by atoms with E-state index in [-0.39, 0.29) is 19.5 Å². The molecule has 6 aromatic rings. The minimum atomic E-state index is -4.94. The van der Waals surface area contributed by atoms with Gasteiger partial charge in [-0.2, -0.15) is 25.3 Å². The summed E-state index contributed by atoms with van der Waals surface area (Å²) in [5.74, 6) is 1.90. The van der Waals surface area contributed by atoms with Crippen LogP contribution < -0.4 is 37.3 Å². The van der Waals surface area contributed by atoms with E-state index in [1.165, 1.54) is 24.0 Å². The second-order valence-corrected chi connectivity index (χ2v) is 13.5. The van der Waals surface area contributed by atoms with E-state index in [0.717, 1.165) is 71.4 Å². The molecule has 0 aliphatic heterocycles. The first-order valence-electron chi connectivity index (χ1n) is 16.8. The maximum atomic E-state index is 8.49. The number of pyridine rings is 6. The number of aromatic nitrogens is 6. The molecule has 0 unspecified atom stereocenters. The quantitative estimate of drug-likeness (QED) is 0.0936. The van der Waals surface area contributed by atoms with Gasteiger partial charge in [0, 0.05) is 37.2 Å². The predicted octanol–water partition coefficient (Wildman–Crippen LogP) is -0.579. The SMILES string of the molecule is SCCCCc1ccnc(-c2cc(CCCCS)ccn2)c1.[O-][Cl+3]([O-])([O-])[O-].[O-][Cl+3]([O-])([O-])[O-].[Ru+2].c1ccc(-c2ccccn2)nc1.c1ccc(-c2ccccn2)nc1. The molecule has 0 saturated carbocycles. The van der Waals surface area contributed by atoms with Gasteiger partial charge in [-0.15, -0.1) is 20.5 Å². The zero-order chi connectivity index (χ0) is 41.1. The molecule has 6 aromatic heterocycles. The number of thiol groups is 2. The fraction of sp³-hybridized carbons (Fsp3) is 0.211. The molecule has 19 heteroatoms. The molecule has 0 amide bonds. The largest absolute Gasteiger partial charge is 2.00 e. The molecule has 57 heavy (non-hydrogen) atoms. The van der Waals surface area contributed by atoms with Crippen molar-refractivity contribution in [1.82, 2.24) is 29.9 Å². The van der Waals surface area contributed by atoms with E-state index in [1.807, 2.05) is 85.2 Å². The summed E-state index contributed by atoms with van der Waals surface area (Å²) in [6.07, 6.45) is 17.7. The Bertz CT molecular complexity index is 1670. The van der Waals surface area contributed by atoms with Crippen LogP contribution in [0.25, 0.3) is 34.2 Å². The summed E-state index contributed by atoms with van der Waals surface area (Å²) in [5.41, 5.74) is 8.26. The Hall–Kier alpha value is -3.52. The monoisotopic (exact) mass is 944 g/mol. The average molecular weight is 945 g/mol. The van der Waals surface area contributed by atoms with Gasteiger partial charge in [-0.3, -0.25) is 29.9 Å². The number of hydrogen-bond donors (Lipinski definition) is 2. The average Bonchev–Trinajstić information content (AvgIpc) is 3.19. The van der Waals surface area contributed by atoms with Gasteiger partial charge in [-0.25, -0.2) is 37.3 Å². The number of nitrogens with zero attached hydrogens (tertiary/aromatic N) is 6. The number of aryl methyl sites for hydroxylation is 2. The third-order valence-corrected chi connectivity index (χ3v) is 7.48. The zero-order valence-corrected chi connectivity index (χ0v) is 35.4. The van der Waals surface area contributed by atoms with Crippen molar-refractivity contribution in [3.05, 3.63) is 145 Å². The molecule has 14 nitrogen and oxygen atoms in total.